The van der Waals surface area contributed by atoms with Gasteiger partial charge in [-0.25, -0.2) is 4.98 Å². The second kappa shape index (κ2) is 10.9. The lowest BCUT2D eigenvalue weighted by molar-refractivity contribution is 1.10. The normalized spacial score (nSPS) is 11.1. The second-order valence-electron chi connectivity index (χ2n) is 10.7. The van der Waals surface area contributed by atoms with Crippen LogP contribution in [0.4, 0.5) is 17.1 Å². The molecule has 0 aliphatic carbocycles. The Kier molecular flexibility index (Phi) is 6.61. The molecular weight excluding hydrogens is 510 g/mol. The van der Waals surface area contributed by atoms with E-state index in [4.69, 9.17) is 4.98 Å². The van der Waals surface area contributed by atoms with Gasteiger partial charge >= 0.3 is 0 Å². The molecule has 1 aromatic heterocycles. The predicted octanol–water partition coefficient (Wildman–Crippen LogP) is 10.4. The summed E-state index contributed by atoms with van der Waals surface area (Å²) in [5.41, 5.74) is 12.5. The number of anilines is 3. The van der Waals surface area contributed by atoms with Crippen LogP contribution in [-0.2, 0) is 0 Å². The van der Waals surface area contributed by atoms with Crippen molar-refractivity contribution in [1.82, 2.24) is 9.55 Å². The van der Waals surface area contributed by atoms with Crippen molar-refractivity contribution in [1.29, 1.82) is 0 Å². The lowest BCUT2D eigenvalue weighted by Gasteiger charge is -2.26. The molecular formula is C39H31N3. The SMILES string of the molecule is Cc1ccc(N(c2ccc(C)cc2)c2ccc(-c3ccc(-c4nc5ccccc5n4-c4ccccc4)cc3)cc2)cc1. The maximum Gasteiger partial charge on any atom is 0.145 e. The average molecular weight is 542 g/mol. The summed E-state index contributed by atoms with van der Waals surface area (Å²) in [6.07, 6.45) is 0. The van der Waals surface area contributed by atoms with Crippen molar-refractivity contribution in [3.05, 3.63) is 163 Å². The quantitative estimate of drug-likeness (QED) is 0.209. The van der Waals surface area contributed by atoms with Gasteiger partial charge in [0, 0.05) is 28.3 Å². The van der Waals surface area contributed by atoms with Crippen LogP contribution in [-0.4, -0.2) is 9.55 Å². The highest BCUT2D eigenvalue weighted by Gasteiger charge is 2.15. The molecule has 202 valence electrons. The Morgan fingerprint density at radius 1 is 0.452 bits per heavy atom. The van der Waals surface area contributed by atoms with Gasteiger partial charge in [-0.1, -0.05) is 102 Å². The van der Waals surface area contributed by atoms with Gasteiger partial charge in [0.2, 0.25) is 0 Å². The number of aryl methyl sites for hydroxylation is 2. The van der Waals surface area contributed by atoms with E-state index in [2.05, 4.69) is 163 Å². The molecule has 0 bridgehead atoms. The van der Waals surface area contributed by atoms with Crippen LogP contribution in [0.25, 0.3) is 39.2 Å². The van der Waals surface area contributed by atoms with E-state index >= 15 is 0 Å². The van der Waals surface area contributed by atoms with E-state index in [0.29, 0.717) is 0 Å². The van der Waals surface area contributed by atoms with Crippen molar-refractivity contribution in [2.75, 3.05) is 4.90 Å². The molecule has 0 fully saturated rings. The molecule has 0 amide bonds. The minimum atomic E-state index is 0.941. The number of fused-ring (bicyclic) bond motifs is 1. The van der Waals surface area contributed by atoms with Crippen LogP contribution in [0.2, 0.25) is 0 Å². The predicted molar refractivity (Wildman–Crippen MR) is 176 cm³/mol. The molecule has 3 heteroatoms. The number of benzene rings is 6. The molecule has 7 rings (SSSR count). The summed E-state index contributed by atoms with van der Waals surface area (Å²) in [5, 5.41) is 0. The Bertz CT molecular complexity index is 1910. The molecule has 0 N–H and O–H groups in total. The third-order valence-electron chi connectivity index (χ3n) is 7.76. The van der Waals surface area contributed by atoms with E-state index in [0.717, 1.165) is 45.2 Å². The lowest BCUT2D eigenvalue weighted by Crippen LogP contribution is -2.09. The van der Waals surface area contributed by atoms with Crippen molar-refractivity contribution in [3.63, 3.8) is 0 Å². The number of rotatable bonds is 6. The Labute approximate surface area is 247 Å². The first-order valence-corrected chi connectivity index (χ1v) is 14.3. The zero-order valence-electron chi connectivity index (χ0n) is 23.8. The van der Waals surface area contributed by atoms with Crippen LogP contribution in [0.15, 0.2) is 152 Å². The maximum absolute atomic E-state index is 5.02. The van der Waals surface area contributed by atoms with Gasteiger partial charge in [-0.05, 0) is 85.6 Å². The maximum atomic E-state index is 5.02. The summed E-state index contributed by atoms with van der Waals surface area (Å²) in [6.45, 7) is 4.24. The van der Waals surface area contributed by atoms with Gasteiger partial charge in [0.1, 0.15) is 5.82 Å². The largest absolute Gasteiger partial charge is 0.311 e. The molecule has 0 radical (unpaired) electrons. The Morgan fingerprint density at radius 2 is 0.905 bits per heavy atom. The number of hydrogen-bond acceptors (Lipinski definition) is 2. The zero-order valence-corrected chi connectivity index (χ0v) is 23.8. The Morgan fingerprint density at radius 3 is 1.48 bits per heavy atom. The Balaban J connectivity index is 1.22. The number of imidazole rings is 1. The minimum absolute atomic E-state index is 0.941. The third kappa shape index (κ3) is 4.86. The van der Waals surface area contributed by atoms with Crippen LogP contribution in [0, 0.1) is 13.8 Å². The molecule has 0 aliphatic heterocycles. The van der Waals surface area contributed by atoms with Crippen molar-refractivity contribution in [3.8, 4) is 28.2 Å². The molecule has 3 nitrogen and oxygen atoms in total. The van der Waals surface area contributed by atoms with Gasteiger partial charge in [0.15, 0.2) is 0 Å². The summed E-state index contributed by atoms with van der Waals surface area (Å²) in [4.78, 5) is 7.32. The van der Waals surface area contributed by atoms with E-state index in [9.17, 15) is 0 Å². The van der Waals surface area contributed by atoms with Crippen LogP contribution in [0.3, 0.4) is 0 Å². The Hall–Kier alpha value is -5.41. The first kappa shape index (κ1) is 25.6. The van der Waals surface area contributed by atoms with Gasteiger partial charge in [0.25, 0.3) is 0 Å². The van der Waals surface area contributed by atoms with E-state index in [-0.39, 0.29) is 0 Å². The highest BCUT2D eigenvalue weighted by molar-refractivity contribution is 5.84. The monoisotopic (exact) mass is 541 g/mol. The van der Waals surface area contributed by atoms with Crippen LogP contribution in [0.1, 0.15) is 11.1 Å². The van der Waals surface area contributed by atoms with Crippen molar-refractivity contribution in [2.45, 2.75) is 13.8 Å². The number of nitrogens with zero attached hydrogens (tertiary/aromatic N) is 3. The van der Waals surface area contributed by atoms with Gasteiger partial charge in [0.05, 0.1) is 11.0 Å². The van der Waals surface area contributed by atoms with Crippen molar-refractivity contribution in [2.24, 2.45) is 0 Å². The van der Waals surface area contributed by atoms with E-state index in [1.54, 1.807) is 0 Å². The minimum Gasteiger partial charge on any atom is -0.311 e. The topological polar surface area (TPSA) is 21.1 Å². The van der Waals surface area contributed by atoms with Crippen LogP contribution in [0.5, 0.6) is 0 Å². The summed E-state index contributed by atoms with van der Waals surface area (Å²) >= 11 is 0. The third-order valence-corrected chi connectivity index (χ3v) is 7.76. The van der Waals surface area contributed by atoms with Gasteiger partial charge in [-0.15, -0.1) is 0 Å². The summed E-state index contributed by atoms with van der Waals surface area (Å²) in [5.74, 6) is 0.941. The molecule has 0 aliphatic rings. The number of hydrogen-bond donors (Lipinski definition) is 0. The standard InChI is InChI=1S/C39H31N3/c1-28-12-22-34(23-13-28)41(35-24-14-29(2)15-25-35)36-26-20-31(21-27-36)30-16-18-32(19-17-30)39-40-37-10-6-7-11-38(37)42(39)33-8-4-3-5-9-33/h3-27H,1-2H3. The molecule has 1 heterocycles. The van der Waals surface area contributed by atoms with Crippen molar-refractivity contribution < 1.29 is 0 Å². The van der Waals surface area contributed by atoms with Gasteiger partial charge in [-0.2, -0.15) is 0 Å². The highest BCUT2D eigenvalue weighted by Crippen LogP contribution is 2.36. The molecule has 0 atom stereocenters. The summed E-state index contributed by atoms with van der Waals surface area (Å²) < 4.78 is 2.24. The fraction of sp³-hybridized carbons (Fsp3) is 0.0513. The summed E-state index contributed by atoms with van der Waals surface area (Å²) in [6, 6.07) is 53.7. The van der Waals surface area contributed by atoms with Crippen molar-refractivity contribution >= 4 is 28.1 Å². The van der Waals surface area contributed by atoms with Gasteiger partial charge in [-0.3, -0.25) is 4.57 Å². The molecule has 42 heavy (non-hydrogen) atoms. The van der Waals surface area contributed by atoms with Crippen LogP contribution < -0.4 is 4.90 Å². The first-order valence-electron chi connectivity index (χ1n) is 14.3. The molecule has 7 aromatic rings. The van der Waals surface area contributed by atoms with E-state index < -0.39 is 0 Å². The zero-order chi connectivity index (χ0) is 28.5. The van der Waals surface area contributed by atoms with Gasteiger partial charge < -0.3 is 4.90 Å². The highest BCUT2D eigenvalue weighted by atomic mass is 15.1. The van der Waals surface area contributed by atoms with Crippen LogP contribution >= 0.6 is 0 Å². The van der Waals surface area contributed by atoms with E-state index in [1.807, 2.05) is 12.1 Å². The smallest absolute Gasteiger partial charge is 0.145 e. The molecule has 0 spiro atoms. The molecule has 0 unspecified atom stereocenters. The summed E-state index contributed by atoms with van der Waals surface area (Å²) in [7, 11) is 0. The second-order valence-corrected chi connectivity index (χ2v) is 10.7. The first-order chi connectivity index (χ1) is 20.6. The fourth-order valence-corrected chi connectivity index (χ4v) is 5.51. The van der Waals surface area contributed by atoms with E-state index in [1.165, 1.54) is 22.3 Å². The number of para-hydroxylation sites is 3. The number of aromatic nitrogens is 2. The molecule has 6 aromatic carbocycles. The molecule has 0 saturated carbocycles. The fourth-order valence-electron chi connectivity index (χ4n) is 5.51. The average Bonchev–Trinajstić information content (AvgIpc) is 3.44. The molecule has 0 saturated heterocycles. The lowest BCUT2D eigenvalue weighted by atomic mass is 10.0.